The minimum atomic E-state index is 0.914. The van der Waals surface area contributed by atoms with Gasteiger partial charge in [0, 0.05) is 37.0 Å². The van der Waals surface area contributed by atoms with Crippen LogP contribution in [0.15, 0.2) is 114 Å². The summed E-state index contributed by atoms with van der Waals surface area (Å²) < 4.78 is 12.6. The van der Waals surface area contributed by atoms with Crippen LogP contribution >= 0.6 is 11.3 Å². The fourth-order valence-electron chi connectivity index (χ4n) is 5.36. The van der Waals surface area contributed by atoms with Crippen molar-refractivity contribution >= 4 is 44.0 Å². The molecule has 7 aromatic rings. The number of hydrogen-bond donors (Lipinski definition) is 0. The molecule has 1 aliphatic heterocycles. The third kappa shape index (κ3) is 2.70. The molecule has 0 radical (unpaired) electrons. The second kappa shape index (κ2) is 7.08. The lowest BCUT2D eigenvalue weighted by molar-refractivity contribution is 0.487. The molecule has 0 aliphatic carbocycles. The first-order valence-electron chi connectivity index (χ1n) is 11.7. The van der Waals surface area contributed by atoms with Gasteiger partial charge in [-0.2, -0.15) is 0 Å². The molecule has 1 aliphatic rings. The molecule has 0 N–H and O–H groups in total. The highest BCUT2D eigenvalue weighted by Crippen LogP contribution is 2.49. The van der Waals surface area contributed by atoms with E-state index in [2.05, 4.69) is 84.9 Å². The first-order chi connectivity index (χ1) is 17.3. The molecule has 2 nitrogen and oxygen atoms in total. The number of benzene rings is 5. The molecule has 2 aromatic heterocycles. The third-order valence-electron chi connectivity index (χ3n) is 6.94. The summed E-state index contributed by atoms with van der Waals surface area (Å²) in [4.78, 5) is 2.43. The maximum absolute atomic E-state index is 6.30. The Hall–Kier alpha value is -4.34. The Morgan fingerprint density at radius 3 is 2.11 bits per heavy atom. The number of furan rings is 1. The standard InChI is InChI=1S/C32H18O2S/c1-3-13-26-19(7-1)22-9-5-10-23-21(15-16-28(33-26)31(22)23)29-17-18-30(35-29)25-12-6-11-24-20-8-2-4-14-27(20)34-32(24)25/h1-18H. The Kier molecular flexibility index (Phi) is 3.85. The predicted molar refractivity (Wildman–Crippen MR) is 145 cm³/mol. The van der Waals surface area contributed by atoms with Crippen molar-refractivity contribution in [3.8, 4) is 43.5 Å². The van der Waals surface area contributed by atoms with E-state index in [1.165, 1.54) is 31.7 Å². The number of hydrogen-bond acceptors (Lipinski definition) is 3. The topological polar surface area (TPSA) is 22.4 Å². The maximum Gasteiger partial charge on any atom is 0.144 e. The van der Waals surface area contributed by atoms with Crippen LogP contribution in [-0.4, -0.2) is 0 Å². The highest BCUT2D eigenvalue weighted by molar-refractivity contribution is 7.19. The predicted octanol–water partition coefficient (Wildman–Crippen LogP) is 9.91. The van der Waals surface area contributed by atoms with Gasteiger partial charge in [-0.05, 0) is 59.0 Å². The van der Waals surface area contributed by atoms with Crippen molar-refractivity contribution in [2.24, 2.45) is 0 Å². The number of rotatable bonds is 2. The summed E-state index contributed by atoms with van der Waals surface area (Å²) in [5, 5.41) is 4.71. The Morgan fingerprint density at radius 2 is 1.17 bits per heavy atom. The third-order valence-corrected chi connectivity index (χ3v) is 8.09. The molecule has 3 heterocycles. The first-order valence-corrected chi connectivity index (χ1v) is 12.5. The normalized spacial score (nSPS) is 12.2. The van der Waals surface area contributed by atoms with Crippen molar-refractivity contribution < 1.29 is 9.15 Å². The van der Waals surface area contributed by atoms with Gasteiger partial charge in [0.05, 0.1) is 0 Å². The van der Waals surface area contributed by atoms with Crippen LogP contribution in [0.5, 0.6) is 11.5 Å². The zero-order valence-electron chi connectivity index (χ0n) is 18.6. The van der Waals surface area contributed by atoms with Crippen LogP contribution in [-0.2, 0) is 0 Å². The SMILES string of the molecule is c1ccc2c(c1)Oc1ccc(-c3ccc(-c4cccc5c4oc4ccccc45)s3)c3cccc-2c13. The molecule has 0 saturated heterocycles. The van der Waals surface area contributed by atoms with Gasteiger partial charge in [-0.3, -0.25) is 0 Å². The number of fused-ring (bicyclic) bond motifs is 5. The lowest BCUT2D eigenvalue weighted by Gasteiger charge is -2.22. The van der Waals surface area contributed by atoms with Crippen molar-refractivity contribution in [2.75, 3.05) is 0 Å². The number of ether oxygens (including phenoxy) is 1. The van der Waals surface area contributed by atoms with Gasteiger partial charge in [-0.25, -0.2) is 0 Å². The Balaban J connectivity index is 1.31. The highest BCUT2D eigenvalue weighted by atomic mass is 32.1. The quantitative estimate of drug-likeness (QED) is 0.253. The molecule has 0 amide bonds. The second-order valence-electron chi connectivity index (χ2n) is 8.88. The fraction of sp³-hybridized carbons (Fsp3) is 0. The van der Waals surface area contributed by atoms with Crippen LogP contribution in [0.4, 0.5) is 0 Å². The van der Waals surface area contributed by atoms with E-state index >= 15 is 0 Å². The van der Waals surface area contributed by atoms with Crippen LogP contribution in [0, 0.1) is 0 Å². The Bertz CT molecular complexity index is 1940. The highest BCUT2D eigenvalue weighted by Gasteiger charge is 2.22. The number of para-hydroxylation sites is 3. The van der Waals surface area contributed by atoms with E-state index in [-0.39, 0.29) is 0 Å². The molecule has 0 atom stereocenters. The average Bonchev–Trinajstić information content (AvgIpc) is 3.54. The van der Waals surface area contributed by atoms with Gasteiger partial charge in [0.15, 0.2) is 0 Å². The molecule has 0 spiro atoms. The molecular formula is C32H18O2S. The minimum Gasteiger partial charge on any atom is -0.456 e. The van der Waals surface area contributed by atoms with E-state index < -0.39 is 0 Å². The van der Waals surface area contributed by atoms with Gasteiger partial charge < -0.3 is 9.15 Å². The molecule has 3 heteroatoms. The van der Waals surface area contributed by atoms with Crippen LogP contribution in [0.2, 0.25) is 0 Å². The van der Waals surface area contributed by atoms with Crippen LogP contribution in [0.25, 0.3) is 64.7 Å². The molecule has 164 valence electrons. The van der Waals surface area contributed by atoms with Gasteiger partial charge >= 0.3 is 0 Å². The molecule has 35 heavy (non-hydrogen) atoms. The summed E-state index contributed by atoms with van der Waals surface area (Å²) in [5.41, 5.74) is 6.60. The Labute approximate surface area is 205 Å². The maximum atomic E-state index is 6.30. The monoisotopic (exact) mass is 466 g/mol. The number of thiophene rings is 1. The van der Waals surface area contributed by atoms with Gasteiger partial charge in [-0.15, -0.1) is 11.3 Å². The molecule has 0 saturated carbocycles. The second-order valence-corrected chi connectivity index (χ2v) is 9.97. The van der Waals surface area contributed by atoms with Gasteiger partial charge in [0.2, 0.25) is 0 Å². The van der Waals surface area contributed by atoms with Gasteiger partial charge in [0.1, 0.15) is 22.7 Å². The summed E-state index contributed by atoms with van der Waals surface area (Å²) in [6, 6.07) is 38.2. The smallest absolute Gasteiger partial charge is 0.144 e. The van der Waals surface area contributed by atoms with Crippen molar-refractivity contribution in [1.29, 1.82) is 0 Å². The lowest BCUT2D eigenvalue weighted by Crippen LogP contribution is -1.97. The van der Waals surface area contributed by atoms with Crippen molar-refractivity contribution in [3.63, 3.8) is 0 Å². The summed E-state index contributed by atoms with van der Waals surface area (Å²) in [5.74, 6) is 1.83. The minimum absolute atomic E-state index is 0.914. The van der Waals surface area contributed by atoms with Crippen molar-refractivity contribution in [1.82, 2.24) is 0 Å². The van der Waals surface area contributed by atoms with Crippen LogP contribution in [0.3, 0.4) is 0 Å². The fourth-order valence-corrected chi connectivity index (χ4v) is 6.43. The first kappa shape index (κ1) is 19.0. The van der Waals surface area contributed by atoms with Crippen molar-refractivity contribution in [2.45, 2.75) is 0 Å². The van der Waals surface area contributed by atoms with E-state index in [0.717, 1.165) is 44.6 Å². The van der Waals surface area contributed by atoms with Crippen LogP contribution in [0.1, 0.15) is 0 Å². The van der Waals surface area contributed by atoms with Crippen LogP contribution < -0.4 is 4.74 Å². The zero-order valence-corrected chi connectivity index (χ0v) is 19.4. The van der Waals surface area contributed by atoms with Gasteiger partial charge in [0.25, 0.3) is 0 Å². The molecule has 0 unspecified atom stereocenters. The van der Waals surface area contributed by atoms with E-state index in [1.54, 1.807) is 11.3 Å². The Morgan fingerprint density at radius 1 is 0.457 bits per heavy atom. The van der Waals surface area contributed by atoms with Gasteiger partial charge in [-0.1, -0.05) is 66.7 Å². The summed E-state index contributed by atoms with van der Waals surface area (Å²) in [6.07, 6.45) is 0. The zero-order chi connectivity index (χ0) is 22.9. The van der Waals surface area contributed by atoms with E-state index in [9.17, 15) is 0 Å². The van der Waals surface area contributed by atoms with E-state index in [0.29, 0.717) is 0 Å². The summed E-state index contributed by atoms with van der Waals surface area (Å²) >= 11 is 1.80. The molecule has 0 bridgehead atoms. The summed E-state index contributed by atoms with van der Waals surface area (Å²) in [7, 11) is 0. The summed E-state index contributed by atoms with van der Waals surface area (Å²) in [6.45, 7) is 0. The van der Waals surface area contributed by atoms with E-state index in [1.807, 2.05) is 24.3 Å². The van der Waals surface area contributed by atoms with E-state index in [4.69, 9.17) is 9.15 Å². The molecule has 5 aromatic carbocycles. The average molecular weight is 467 g/mol. The molecule has 0 fully saturated rings. The lowest BCUT2D eigenvalue weighted by atomic mass is 9.92. The molecular weight excluding hydrogens is 448 g/mol. The van der Waals surface area contributed by atoms with Crippen molar-refractivity contribution in [3.05, 3.63) is 109 Å². The largest absolute Gasteiger partial charge is 0.456 e. The molecule has 8 rings (SSSR count).